The van der Waals surface area contributed by atoms with Crippen LogP contribution >= 0.6 is 11.6 Å². The first-order valence-electron chi connectivity index (χ1n) is 6.21. The minimum absolute atomic E-state index is 0.0155. The van der Waals surface area contributed by atoms with Crippen molar-refractivity contribution < 1.29 is 13.6 Å². The van der Waals surface area contributed by atoms with Gasteiger partial charge in [0.1, 0.15) is 11.6 Å². The molecule has 2 aromatic rings. The van der Waals surface area contributed by atoms with Gasteiger partial charge in [0.15, 0.2) is 0 Å². The molecule has 0 aliphatic heterocycles. The van der Waals surface area contributed by atoms with Crippen molar-refractivity contribution in [2.24, 2.45) is 0 Å². The monoisotopic (exact) mass is 310 g/mol. The minimum atomic E-state index is -0.537. The van der Waals surface area contributed by atoms with Gasteiger partial charge in [0.25, 0.3) is 0 Å². The van der Waals surface area contributed by atoms with E-state index in [9.17, 15) is 13.6 Å². The SMILES string of the molecule is CC(=O)Nc1ccc(F)c(NCc2cccc(Cl)c2F)c1. The van der Waals surface area contributed by atoms with Crippen LogP contribution in [0.3, 0.4) is 0 Å². The molecule has 0 spiro atoms. The standard InChI is InChI=1S/C15H13ClF2N2O/c1-9(21)20-11-5-6-13(17)14(7-11)19-8-10-3-2-4-12(16)15(10)18/h2-7,19H,8H2,1H3,(H,20,21). The van der Waals surface area contributed by atoms with E-state index in [0.29, 0.717) is 11.3 Å². The number of carbonyl (C=O) groups excluding carboxylic acids is 1. The second-order valence-corrected chi connectivity index (χ2v) is 4.85. The third kappa shape index (κ3) is 3.92. The first-order chi connectivity index (χ1) is 9.97. The minimum Gasteiger partial charge on any atom is -0.378 e. The molecule has 0 atom stereocenters. The molecule has 0 bridgehead atoms. The highest BCUT2D eigenvalue weighted by atomic mass is 35.5. The lowest BCUT2D eigenvalue weighted by Crippen LogP contribution is -2.08. The number of benzene rings is 2. The number of amides is 1. The first-order valence-corrected chi connectivity index (χ1v) is 6.59. The fourth-order valence-electron chi connectivity index (χ4n) is 1.82. The van der Waals surface area contributed by atoms with Gasteiger partial charge in [0.2, 0.25) is 5.91 Å². The zero-order chi connectivity index (χ0) is 15.4. The topological polar surface area (TPSA) is 41.1 Å². The fraction of sp³-hybridized carbons (Fsp3) is 0.133. The van der Waals surface area contributed by atoms with Crippen molar-refractivity contribution in [3.8, 4) is 0 Å². The summed E-state index contributed by atoms with van der Waals surface area (Å²) in [7, 11) is 0. The normalized spacial score (nSPS) is 10.3. The van der Waals surface area contributed by atoms with Gasteiger partial charge in [-0.15, -0.1) is 0 Å². The van der Waals surface area contributed by atoms with E-state index in [2.05, 4.69) is 10.6 Å². The van der Waals surface area contributed by atoms with E-state index < -0.39 is 11.6 Å². The van der Waals surface area contributed by atoms with Crippen LogP contribution in [-0.4, -0.2) is 5.91 Å². The summed E-state index contributed by atoms with van der Waals surface area (Å²) in [4.78, 5) is 11.0. The maximum absolute atomic E-state index is 13.7. The van der Waals surface area contributed by atoms with E-state index in [0.717, 1.165) is 0 Å². The molecule has 1 amide bonds. The lowest BCUT2D eigenvalue weighted by Gasteiger charge is -2.11. The predicted octanol–water partition coefficient (Wildman–Crippen LogP) is 4.19. The van der Waals surface area contributed by atoms with Crippen LogP contribution < -0.4 is 10.6 Å². The van der Waals surface area contributed by atoms with E-state index >= 15 is 0 Å². The Morgan fingerprint density at radius 2 is 2.00 bits per heavy atom. The zero-order valence-corrected chi connectivity index (χ0v) is 12.0. The fourth-order valence-corrected chi connectivity index (χ4v) is 2.01. The average molecular weight is 311 g/mol. The first kappa shape index (κ1) is 15.3. The van der Waals surface area contributed by atoms with Crippen LogP contribution in [0.2, 0.25) is 5.02 Å². The molecule has 0 aromatic heterocycles. The van der Waals surface area contributed by atoms with Gasteiger partial charge in [0, 0.05) is 24.7 Å². The lowest BCUT2D eigenvalue weighted by atomic mass is 10.2. The number of rotatable bonds is 4. The number of halogens is 3. The molecule has 0 fully saturated rings. The predicted molar refractivity (Wildman–Crippen MR) is 79.4 cm³/mol. The van der Waals surface area contributed by atoms with Crippen LogP contribution in [0.4, 0.5) is 20.2 Å². The van der Waals surface area contributed by atoms with Crippen molar-refractivity contribution >= 4 is 28.9 Å². The number of nitrogens with one attached hydrogen (secondary N) is 2. The highest BCUT2D eigenvalue weighted by molar-refractivity contribution is 6.30. The molecule has 0 aliphatic rings. The van der Waals surface area contributed by atoms with Gasteiger partial charge in [-0.3, -0.25) is 4.79 Å². The summed E-state index contributed by atoms with van der Waals surface area (Å²) >= 11 is 5.69. The summed E-state index contributed by atoms with van der Waals surface area (Å²) in [6, 6.07) is 8.73. The molecule has 2 N–H and O–H groups in total. The van der Waals surface area contributed by atoms with E-state index in [1.807, 2.05) is 0 Å². The Morgan fingerprint density at radius 3 is 2.71 bits per heavy atom. The summed E-state index contributed by atoms with van der Waals surface area (Å²) in [5.41, 5.74) is 0.949. The van der Waals surface area contributed by atoms with E-state index in [1.54, 1.807) is 12.1 Å². The van der Waals surface area contributed by atoms with E-state index in [-0.39, 0.29) is 23.2 Å². The van der Waals surface area contributed by atoms with Crippen molar-refractivity contribution in [1.82, 2.24) is 0 Å². The van der Waals surface area contributed by atoms with Crippen LogP contribution in [0.5, 0.6) is 0 Å². The van der Waals surface area contributed by atoms with Crippen molar-refractivity contribution in [1.29, 1.82) is 0 Å². The molecule has 0 heterocycles. The molecule has 110 valence electrons. The van der Waals surface area contributed by atoms with Gasteiger partial charge in [-0.1, -0.05) is 23.7 Å². The molecule has 2 rings (SSSR count). The van der Waals surface area contributed by atoms with Crippen LogP contribution in [-0.2, 0) is 11.3 Å². The van der Waals surface area contributed by atoms with E-state index in [4.69, 9.17) is 11.6 Å². The summed E-state index contributed by atoms with van der Waals surface area (Å²) in [5, 5.41) is 5.35. The number of anilines is 2. The van der Waals surface area contributed by atoms with Gasteiger partial charge >= 0.3 is 0 Å². The Kier molecular flexibility index (Phi) is 4.75. The average Bonchev–Trinajstić information content (AvgIpc) is 2.43. The smallest absolute Gasteiger partial charge is 0.221 e. The highest BCUT2D eigenvalue weighted by Gasteiger charge is 2.08. The zero-order valence-electron chi connectivity index (χ0n) is 11.2. The third-order valence-corrected chi connectivity index (χ3v) is 3.08. The van der Waals surface area contributed by atoms with Crippen molar-refractivity contribution in [2.75, 3.05) is 10.6 Å². The maximum Gasteiger partial charge on any atom is 0.221 e. The molecule has 0 unspecified atom stereocenters. The van der Waals surface area contributed by atoms with Crippen LogP contribution in [0.25, 0.3) is 0 Å². The summed E-state index contributed by atoms with van der Waals surface area (Å²) in [6.07, 6.45) is 0. The Labute approximate surface area is 125 Å². The largest absolute Gasteiger partial charge is 0.378 e. The Bertz CT molecular complexity index is 677. The molecular formula is C15H13ClF2N2O. The molecule has 2 aromatic carbocycles. The number of hydrogen-bond acceptors (Lipinski definition) is 2. The molecular weight excluding hydrogens is 298 g/mol. The number of carbonyl (C=O) groups is 1. The lowest BCUT2D eigenvalue weighted by molar-refractivity contribution is -0.114. The van der Waals surface area contributed by atoms with Crippen molar-refractivity contribution in [2.45, 2.75) is 13.5 Å². The van der Waals surface area contributed by atoms with Crippen molar-refractivity contribution in [3.63, 3.8) is 0 Å². The highest BCUT2D eigenvalue weighted by Crippen LogP contribution is 2.22. The molecule has 0 saturated carbocycles. The second kappa shape index (κ2) is 6.54. The summed E-state index contributed by atoms with van der Waals surface area (Å²) in [6.45, 7) is 1.44. The molecule has 0 saturated heterocycles. The molecule has 6 heteroatoms. The Hall–Kier alpha value is -2.14. The molecule has 0 radical (unpaired) electrons. The maximum atomic E-state index is 13.7. The second-order valence-electron chi connectivity index (χ2n) is 4.44. The third-order valence-electron chi connectivity index (χ3n) is 2.79. The summed E-state index contributed by atoms with van der Waals surface area (Å²) in [5.74, 6) is -1.29. The molecule has 3 nitrogen and oxygen atoms in total. The van der Waals surface area contributed by atoms with E-state index in [1.165, 1.54) is 31.2 Å². The van der Waals surface area contributed by atoms with Crippen LogP contribution in [0.1, 0.15) is 12.5 Å². The van der Waals surface area contributed by atoms with Crippen LogP contribution in [0, 0.1) is 11.6 Å². The summed E-state index contributed by atoms with van der Waals surface area (Å²) < 4.78 is 27.4. The molecule has 0 aliphatic carbocycles. The number of hydrogen-bond donors (Lipinski definition) is 2. The van der Waals surface area contributed by atoms with Gasteiger partial charge in [0.05, 0.1) is 10.7 Å². The Balaban J connectivity index is 2.15. The van der Waals surface area contributed by atoms with Gasteiger partial charge in [-0.25, -0.2) is 8.78 Å². The van der Waals surface area contributed by atoms with Crippen LogP contribution in [0.15, 0.2) is 36.4 Å². The van der Waals surface area contributed by atoms with Crippen molar-refractivity contribution in [3.05, 3.63) is 58.6 Å². The van der Waals surface area contributed by atoms with Gasteiger partial charge < -0.3 is 10.6 Å². The molecule has 21 heavy (non-hydrogen) atoms. The Morgan fingerprint density at radius 1 is 1.24 bits per heavy atom. The van der Waals surface area contributed by atoms with Gasteiger partial charge in [-0.05, 0) is 24.3 Å². The quantitative estimate of drug-likeness (QED) is 0.889. The van der Waals surface area contributed by atoms with Gasteiger partial charge in [-0.2, -0.15) is 0 Å².